The lowest BCUT2D eigenvalue weighted by molar-refractivity contribution is 0.302. The van der Waals surface area contributed by atoms with Crippen molar-refractivity contribution in [3.05, 3.63) is 24.3 Å². The smallest absolute Gasteiger partial charge is 0.273 e. The van der Waals surface area contributed by atoms with Crippen molar-refractivity contribution in [2.24, 2.45) is 0 Å². The summed E-state index contributed by atoms with van der Waals surface area (Å²) in [5.74, 6) is 0.708. The summed E-state index contributed by atoms with van der Waals surface area (Å²) in [6.45, 7) is 2.72. The van der Waals surface area contributed by atoms with Crippen LogP contribution in [0.2, 0.25) is 0 Å². The highest BCUT2D eigenvalue weighted by molar-refractivity contribution is 8.32. The Balaban J connectivity index is 2.98. The van der Waals surface area contributed by atoms with Crippen molar-refractivity contribution in [1.29, 1.82) is 0 Å². The molecule has 0 aliphatic heterocycles. The fraction of sp³-hybridized carbons (Fsp3) is 0.538. The van der Waals surface area contributed by atoms with E-state index in [0.717, 1.165) is 24.0 Å². The first-order valence-corrected chi connectivity index (χ1v) is 10.3. The van der Waals surface area contributed by atoms with Gasteiger partial charge < -0.3 is 4.74 Å². The summed E-state index contributed by atoms with van der Waals surface area (Å²) in [7, 11) is -5.39. The zero-order chi connectivity index (χ0) is 14.5. The molecule has 1 aromatic rings. The molecule has 0 amide bonds. The molecule has 0 aromatic heterocycles. The number of rotatable bonds is 7. The molecule has 0 atom stereocenters. The average Bonchev–Trinajstić information content (AvgIpc) is 2.27. The van der Waals surface area contributed by atoms with E-state index in [9.17, 15) is 8.42 Å². The summed E-state index contributed by atoms with van der Waals surface area (Å²) < 4.78 is 33.7. The SMILES string of the molecule is CCCCOc1ccccc1S(C)(C)OS(C)(=O)=O. The maximum absolute atomic E-state index is 11.3. The fourth-order valence-corrected chi connectivity index (χ4v) is 5.43. The fourth-order valence-electron chi connectivity index (χ4n) is 1.65. The summed E-state index contributed by atoms with van der Waals surface area (Å²) in [4.78, 5) is 0.816. The van der Waals surface area contributed by atoms with Crippen LogP contribution in [0, 0.1) is 0 Å². The normalized spacial score (nSPS) is 13.3. The Labute approximate surface area is 117 Å². The van der Waals surface area contributed by atoms with Crippen LogP contribution < -0.4 is 4.74 Å². The highest BCUT2D eigenvalue weighted by Gasteiger charge is 2.24. The van der Waals surface area contributed by atoms with E-state index in [1.807, 2.05) is 24.3 Å². The van der Waals surface area contributed by atoms with Crippen LogP contribution in [-0.2, 0) is 13.7 Å². The number of unbranched alkanes of at least 4 members (excludes halogenated alkanes) is 1. The van der Waals surface area contributed by atoms with Crippen molar-refractivity contribution < 1.29 is 16.8 Å². The first-order valence-electron chi connectivity index (χ1n) is 6.12. The van der Waals surface area contributed by atoms with Crippen molar-refractivity contribution in [2.75, 3.05) is 25.4 Å². The monoisotopic (exact) mass is 306 g/mol. The molecule has 19 heavy (non-hydrogen) atoms. The van der Waals surface area contributed by atoms with Crippen LogP contribution in [0.3, 0.4) is 0 Å². The molecule has 6 heteroatoms. The molecule has 0 N–H and O–H groups in total. The first-order chi connectivity index (χ1) is 8.76. The van der Waals surface area contributed by atoms with Gasteiger partial charge in [0.15, 0.2) is 0 Å². The summed E-state index contributed by atoms with van der Waals surface area (Å²) >= 11 is 0. The molecule has 1 aromatic carbocycles. The van der Waals surface area contributed by atoms with E-state index in [1.165, 1.54) is 0 Å². The largest absolute Gasteiger partial charge is 0.492 e. The van der Waals surface area contributed by atoms with Gasteiger partial charge in [0.05, 0.1) is 17.8 Å². The minimum absolute atomic E-state index is 0.627. The average molecular weight is 306 g/mol. The molecule has 0 saturated carbocycles. The Hall–Kier alpha value is -0.720. The standard InChI is InChI=1S/C13H22O4S2/c1-5-6-11-16-12-9-7-8-10-13(12)18(2,3)17-19(4,14)15/h7-10H,5-6,11H2,1-4H3. The van der Waals surface area contributed by atoms with E-state index in [1.54, 1.807) is 12.5 Å². The topological polar surface area (TPSA) is 52.6 Å². The second-order valence-corrected chi connectivity index (χ2v) is 9.51. The molecule has 0 saturated heterocycles. The number of ether oxygens (including phenoxy) is 1. The quantitative estimate of drug-likeness (QED) is 0.726. The van der Waals surface area contributed by atoms with Crippen molar-refractivity contribution in [1.82, 2.24) is 0 Å². The van der Waals surface area contributed by atoms with Gasteiger partial charge in [0, 0.05) is 0 Å². The lowest BCUT2D eigenvalue weighted by Gasteiger charge is -2.31. The summed E-state index contributed by atoms with van der Waals surface area (Å²) in [6, 6.07) is 7.45. The van der Waals surface area contributed by atoms with Crippen LogP contribution in [0.15, 0.2) is 29.2 Å². The maximum Gasteiger partial charge on any atom is 0.273 e. The Bertz CT molecular complexity index is 509. The number of hydrogen-bond donors (Lipinski definition) is 0. The van der Waals surface area contributed by atoms with E-state index < -0.39 is 20.4 Å². The predicted molar refractivity (Wildman–Crippen MR) is 80.5 cm³/mol. The second kappa shape index (κ2) is 6.63. The molecule has 0 aliphatic rings. The molecule has 0 radical (unpaired) electrons. The van der Waals surface area contributed by atoms with Gasteiger partial charge in [0.2, 0.25) is 0 Å². The van der Waals surface area contributed by atoms with Gasteiger partial charge in [-0.1, -0.05) is 35.8 Å². The Morgan fingerprint density at radius 2 is 1.74 bits per heavy atom. The van der Waals surface area contributed by atoms with Gasteiger partial charge in [-0.2, -0.15) is 8.42 Å². The number of hydrogen-bond acceptors (Lipinski definition) is 4. The summed E-state index contributed by atoms with van der Waals surface area (Å²) in [5, 5.41) is 0. The third-order valence-electron chi connectivity index (χ3n) is 2.43. The van der Waals surface area contributed by atoms with Gasteiger partial charge in [-0.25, -0.2) is 3.63 Å². The Morgan fingerprint density at radius 3 is 2.32 bits per heavy atom. The minimum atomic E-state index is -3.49. The van der Waals surface area contributed by atoms with Crippen LogP contribution in [-0.4, -0.2) is 33.8 Å². The lowest BCUT2D eigenvalue weighted by Crippen LogP contribution is -2.10. The molecule has 0 unspecified atom stereocenters. The highest BCUT2D eigenvalue weighted by atomic mass is 32.3. The molecular formula is C13H22O4S2. The molecule has 4 nitrogen and oxygen atoms in total. The minimum Gasteiger partial charge on any atom is -0.492 e. The molecule has 1 rings (SSSR count). The van der Waals surface area contributed by atoms with Gasteiger partial charge in [-0.15, -0.1) is 0 Å². The van der Waals surface area contributed by atoms with Crippen molar-refractivity contribution in [3.63, 3.8) is 0 Å². The van der Waals surface area contributed by atoms with Crippen molar-refractivity contribution in [3.8, 4) is 5.75 Å². The molecule has 0 heterocycles. The van der Waals surface area contributed by atoms with Crippen LogP contribution >= 0.6 is 10.3 Å². The second-order valence-electron chi connectivity index (χ2n) is 4.65. The third-order valence-corrected chi connectivity index (χ3v) is 6.17. The van der Waals surface area contributed by atoms with E-state index in [0.29, 0.717) is 12.4 Å². The van der Waals surface area contributed by atoms with Gasteiger partial charge in [0.1, 0.15) is 5.75 Å². The van der Waals surface area contributed by atoms with E-state index in [-0.39, 0.29) is 0 Å². The van der Waals surface area contributed by atoms with Crippen LogP contribution in [0.4, 0.5) is 0 Å². The third kappa shape index (κ3) is 5.42. The van der Waals surface area contributed by atoms with Crippen molar-refractivity contribution >= 4 is 20.4 Å². The first kappa shape index (κ1) is 16.3. The maximum atomic E-state index is 11.3. The van der Waals surface area contributed by atoms with E-state index >= 15 is 0 Å². The van der Waals surface area contributed by atoms with Crippen molar-refractivity contribution in [2.45, 2.75) is 24.7 Å². The predicted octanol–water partition coefficient (Wildman–Crippen LogP) is 3.18. The molecule has 0 spiro atoms. The van der Waals surface area contributed by atoms with Gasteiger partial charge in [-0.3, -0.25) is 0 Å². The van der Waals surface area contributed by atoms with Crippen LogP contribution in [0.5, 0.6) is 5.75 Å². The summed E-state index contributed by atoms with van der Waals surface area (Å²) in [6.07, 6.45) is 6.70. The number of para-hydroxylation sites is 1. The zero-order valence-electron chi connectivity index (χ0n) is 11.9. The van der Waals surface area contributed by atoms with Gasteiger partial charge >= 0.3 is 0 Å². The zero-order valence-corrected chi connectivity index (χ0v) is 13.5. The van der Waals surface area contributed by atoms with E-state index in [4.69, 9.17) is 8.37 Å². The van der Waals surface area contributed by atoms with Gasteiger partial charge in [-0.05, 0) is 31.1 Å². The van der Waals surface area contributed by atoms with Crippen LogP contribution in [0.25, 0.3) is 0 Å². The molecule has 0 aliphatic carbocycles. The van der Waals surface area contributed by atoms with E-state index in [2.05, 4.69) is 6.92 Å². The summed E-state index contributed by atoms with van der Waals surface area (Å²) in [5.41, 5.74) is 0. The molecule has 0 fully saturated rings. The van der Waals surface area contributed by atoms with Crippen LogP contribution in [0.1, 0.15) is 19.8 Å². The lowest BCUT2D eigenvalue weighted by atomic mass is 10.3. The number of benzene rings is 1. The molecular weight excluding hydrogens is 284 g/mol. The Kier molecular flexibility index (Phi) is 5.70. The highest BCUT2D eigenvalue weighted by Crippen LogP contribution is 2.55. The molecule has 0 bridgehead atoms. The molecule has 110 valence electrons. The Morgan fingerprint density at radius 1 is 1.11 bits per heavy atom. The van der Waals surface area contributed by atoms with Gasteiger partial charge in [0.25, 0.3) is 10.1 Å².